The Kier molecular flexibility index (Phi) is 3.21. The molecule has 2 atom stereocenters. The van der Waals surface area contributed by atoms with Gasteiger partial charge in [0.15, 0.2) is 0 Å². The number of nitrogens with one attached hydrogen (secondary N) is 1. The molecular weight excluding hydrogens is 379 g/mol. The molecule has 2 fully saturated rings. The van der Waals surface area contributed by atoms with Gasteiger partial charge in [0.25, 0.3) is 0 Å². The van der Waals surface area contributed by atoms with Crippen molar-refractivity contribution in [2.75, 3.05) is 5.32 Å². The van der Waals surface area contributed by atoms with E-state index in [-0.39, 0.29) is 22.5 Å². The smallest absolute Gasteiger partial charge is 0.232 e. The summed E-state index contributed by atoms with van der Waals surface area (Å²) in [4.78, 5) is 29.5. The maximum absolute atomic E-state index is 12.9. The number of hydrogen-bond acceptors (Lipinski definition) is 3. The zero-order valence-electron chi connectivity index (χ0n) is 12.5. The maximum atomic E-state index is 12.9. The SMILES string of the molecule is CC1(C)[C@@]2(C(=O)Nc3ccc(I)cn3)CC[C@@]1(C)C(=O)C2. The van der Waals surface area contributed by atoms with Gasteiger partial charge in [-0.05, 0) is 53.0 Å². The van der Waals surface area contributed by atoms with Crippen LogP contribution >= 0.6 is 22.6 Å². The summed E-state index contributed by atoms with van der Waals surface area (Å²) in [5, 5.41) is 2.92. The lowest BCUT2D eigenvalue weighted by Crippen LogP contribution is -2.43. The van der Waals surface area contributed by atoms with Crippen molar-refractivity contribution in [1.82, 2.24) is 4.98 Å². The molecule has 5 heteroatoms. The highest BCUT2D eigenvalue weighted by atomic mass is 127. The predicted octanol–water partition coefficient (Wildman–Crippen LogP) is 3.41. The molecular formula is C16H19IN2O2. The van der Waals surface area contributed by atoms with E-state index in [2.05, 4.69) is 46.7 Å². The molecule has 1 N–H and O–H groups in total. The number of carbonyl (C=O) groups excluding carboxylic acids is 2. The van der Waals surface area contributed by atoms with Crippen molar-refractivity contribution in [3.63, 3.8) is 0 Å². The highest BCUT2D eigenvalue weighted by molar-refractivity contribution is 14.1. The summed E-state index contributed by atoms with van der Waals surface area (Å²) >= 11 is 2.18. The lowest BCUT2D eigenvalue weighted by molar-refractivity contribution is -0.131. The Morgan fingerprint density at radius 1 is 1.29 bits per heavy atom. The number of aromatic nitrogens is 1. The first-order chi connectivity index (χ1) is 9.73. The van der Waals surface area contributed by atoms with Crippen LogP contribution in [0.15, 0.2) is 18.3 Å². The molecule has 1 aromatic heterocycles. The second-order valence-corrected chi connectivity index (χ2v) is 8.20. The van der Waals surface area contributed by atoms with Gasteiger partial charge in [0.2, 0.25) is 5.91 Å². The largest absolute Gasteiger partial charge is 0.310 e. The van der Waals surface area contributed by atoms with Crippen molar-refractivity contribution in [2.24, 2.45) is 16.2 Å². The molecule has 2 bridgehead atoms. The number of amides is 1. The maximum Gasteiger partial charge on any atom is 0.232 e. The lowest BCUT2D eigenvalue weighted by Gasteiger charge is -2.38. The number of ketones is 1. The van der Waals surface area contributed by atoms with Crippen LogP contribution in [0.4, 0.5) is 5.82 Å². The Bertz CT molecular complexity index is 626. The van der Waals surface area contributed by atoms with Gasteiger partial charge in [-0.3, -0.25) is 9.59 Å². The molecule has 0 saturated heterocycles. The fourth-order valence-corrected chi connectivity index (χ4v) is 4.37. The van der Waals surface area contributed by atoms with E-state index in [0.29, 0.717) is 12.2 Å². The predicted molar refractivity (Wildman–Crippen MR) is 88.8 cm³/mol. The first kappa shape index (κ1) is 14.9. The monoisotopic (exact) mass is 398 g/mol. The Balaban J connectivity index is 1.91. The molecule has 0 radical (unpaired) electrons. The van der Waals surface area contributed by atoms with E-state index in [1.165, 1.54) is 0 Å². The van der Waals surface area contributed by atoms with Crippen molar-refractivity contribution in [1.29, 1.82) is 0 Å². The van der Waals surface area contributed by atoms with Crippen LogP contribution in [0, 0.1) is 19.8 Å². The van der Waals surface area contributed by atoms with Crippen molar-refractivity contribution in [3.05, 3.63) is 21.9 Å². The van der Waals surface area contributed by atoms with E-state index in [4.69, 9.17) is 0 Å². The number of nitrogens with zero attached hydrogens (tertiary/aromatic N) is 1. The van der Waals surface area contributed by atoms with Crippen LogP contribution in [-0.2, 0) is 9.59 Å². The molecule has 4 nitrogen and oxygen atoms in total. The van der Waals surface area contributed by atoms with Gasteiger partial charge in [-0.1, -0.05) is 20.8 Å². The number of anilines is 1. The molecule has 1 aromatic rings. The average molecular weight is 398 g/mol. The lowest BCUT2D eigenvalue weighted by atomic mass is 9.64. The zero-order chi connectivity index (χ0) is 15.5. The molecule has 0 unspecified atom stereocenters. The molecule has 0 spiro atoms. The third-order valence-corrected chi connectivity index (χ3v) is 6.75. The Morgan fingerprint density at radius 3 is 2.48 bits per heavy atom. The highest BCUT2D eigenvalue weighted by Crippen LogP contribution is 2.70. The summed E-state index contributed by atoms with van der Waals surface area (Å²) in [6, 6.07) is 3.71. The van der Waals surface area contributed by atoms with E-state index in [0.717, 1.165) is 16.4 Å². The second-order valence-electron chi connectivity index (χ2n) is 6.95. The van der Waals surface area contributed by atoms with Gasteiger partial charge in [0, 0.05) is 21.6 Å². The van der Waals surface area contributed by atoms with E-state index in [1.807, 2.05) is 13.0 Å². The minimum absolute atomic E-state index is 0.0595. The molecule has 2 aliphatic rings. The molecule has 0 aliphatic heterocycles. The molecule has 112 valence electrons. The third-order valence-electron chi connectivity index (χ3n) is 6.11. The average Bonchev–Trinajstić information content (AvgIpc) is 2.72. The van der Waals surface area contributed by atoms with Gasteiger partial charge in [-0.15, -0.1) is 0 Å². The molecule has 2 saturated carbocycles. The summed E-state index contributed by atoms with van der Waals surface area (Å²) in [5.74, 6) is 0.721. The minimum Gasteiger partial charge on any atom is -0.310 e. The number of carbonyl (C=O) groups is 2. The summed E-state index contributed by atoms with van der Waals surface area (Å²) < 4.78 is 1.02. The highest BCUT2D eigenvalue weighted by Gasteiger charge is 2.72. The first-order valence-corrected chi connectivity index (χ1v) is 8.27. The third kappa shape index (κ3) is 1.82. The van der Waals surface area contributed by atoms with E-state index in [1.54, 1.807) is 12.3 Å². The molecule has 2 aliphatic carbocycles. The molecule has 1 heterocycles. The number of pyridine rings is 1. The zero-order valence-corrected chi connectivity index (χ0v) is 14.7. The van der Waals surface area contributed by atoms with Gasteiger partial charge < -0.3 is 5.32 Å². The summed E-state index contributed by atoms with van der Waals surface area (Å²) in [6.45, 7) is 6.14. The molecule has 21 heavy (non-hydrogen) atoms. The van der Waals surface area contributed by atoms with Crippen LogP contribution in [0.2, 0.25) is 0 Å². The summed E-state index contributed by atoms with van der Waals surface area (Å²) in [6.07, 6.45) is 3.65. The van der Waals surface area contributed by atoms with E-state index in [9.17, 15) is 9.59 Å². The number of Topliss-reactive ketones (excluding diaryl/α,β-unsaturated/α-hetero) is 1. The fourth-order valence-electron chi connectivity index (χ4n) is 4.05. The second kappa shape index (κ2) is 4.51. The van der Waals surface area contributed by atoms with Crippen LogP contribution < -0.4 is 5.32 Å². The standard InChI is InChI=1S/C16H19IN2O2/c1-14(2)15(3)6-7-16(14,8-11(15)20)13(21)19-12-5-4-10(17)9-18-12/h4-5,9H,6-8H2,1-3H3,(H,18,19,21)/t15-,16-/m0/s1. The van der Waals surface area contributed by atoms with Crippen LogP contribution in [-0.4, -0.2) is 16.7 Å². The quantitative estimate of drug-likeness (QED) is 0.777. The van der Waals surface area contributed by atoms with Crippen molar-refractivity contribution in [3.8, 4) is 0 Å². The normalized spacial score (nSPS) is 33.2. The van der Waals surface area contributed by atoms with E-state index < -0.39 is 5.41 Å². The van der Waals surface area contributed by atoms with Gasteiger partial charge in [-0.2, -0.15) is 0 Å². The topological polar surface area (TPSA) is 59.1 Å². The van der Waals surface area contributed by atoms with Gasteiger partial charge in [-0.25, -0.2) is 4.98 Å². The van der Waals surface area contributed by atoms with Crippen molar-refractivity contribution < 1.29 is 9.59 Å². The van der Waals surface area contributed by atoms with Gasteiger partial charge >= 0.3 is 0 Å². The number of rotatable bonds is 2. The van der Waals surface area contributed by atoms with Gasteiger partial charge in [0.1, 0.15) is 11.6 Å². The van der Waals surface area contributed by atoms with Crippen LogP contribution in [0.3, 0.4) is 0 Å². The van der Waals surface area contributed by atoms with Gasteiger partial charge in [0.05, 0.1) is 5.41 Å². The molecule has 0 aromatic carbocycles. The molecule has 1 amide bonds. The number of fused-ring (bicyclic) bond motifs is 2. The minimum atomic E-state index is -0.594. The Morgan fingerprint density at radius 2 is 2.00 bits per heavy atom. The number of hydrogen-bond donors (Lipinski definition) is 1. The van der Waals surface area contributed by atoms with Crippen LogP contribution in [0.1, 0.15) is 40.0 Å². The first-order valence-electron chi connectivity index (χ1n) is 7.19. The summed E-state index contributed by atoms with van der Waals surface area (Å²) in [5.41, 5.74) is -1.28. The summed E-state index contributed by atoms with van der Waals surface area (Å²) in [7, 11) is 0. The fraction of sp³-hybridized carbons (Fsp3) is 0.562. The van der Waals surface area contributed by atoms with E-state index >= 15 is 0 Å². The Labute approximate surface area is 138 Å². The number of halogens is 1. The molecule has 3 rings (SSSR count). The van der Waals surface area contributed by atoms with Crippen molar-refractivity contribution >= 4 is 40.1 Å². The Hall–Kier alpha value is -0.980. The van der Waals surface area contributed by atoms with Crippen LogP contribution in [0.25, 0.3) is 0 Å². The van der Waals surface area contributed by atoms with Crippen LogP contribution in [0.5, 0.6) is 0 Å². The van der Waals surface area contributed by atoms with Crippen molar-refractivity contribution in [2.45, 2.75) is 40.0 Å².